The minimum absolute atomic E-state index is 0.0129. The van der Waals surface area contributed by atoms with Gasteiger partial charge in [-0.25, -0.2) is 17.8 Å². The predicted molar refractivity (Wildman–Crippen MR) is 126 cm³/mol. The van der Waals surface area contributed by atoms with Gasteiger partial charge in [0.05, 0.1) is 23.2 Å². The molecule has 13 heteroatoms. The summed E-state index contributed by atoms with van der Waals surface area (Å²) in [6, 6.07) is 15.3. The summed E-state index contributed by atoms with van der Waals surface area (Å²) in [5.41, 5.74) is -5.23. The van der Waals surface area contributed by atoms with Crippen LogP contribution in [-0.4, -0.2) is 39.1 Å². The van der Waals surface area contributed by atoms with Crippen LogP contribution in [0.25, 0.3) is 5.69 Å². The monoisotopic (exact) mass is 532 g/mol. The number of amides is 1. The van der Waals surface area contributed by atoms with Gasteiger partial charge in [0.2, 0.25) is 11.8 Å². The lowest BCUT2D eigenvalue weighted by Crippen LogP contribution is -2.39. The number of pyridine rings is 1. The number of carbonyl (C=O) groups excluding carboxylic acids is 1. The van der Waals surface area contributed by atoms with E-state index in [-0.39, 0.29) is 12.1 Å². The van der Waals surface area contributed by atoms with Crippen molar-refractivity contribution in [3.8, 4) is 11.6 Å². The van der Waals surface area contributed by atoms with Gasteiger partial charge < -0.3 is 10.4 Å². The minimum Gasteiger partial charge on any atom is -0.493 e. The van der Waals surface area contributed by atoms with E-state index in [4.69, 9.17) is 0 Å². The Hall–Kier alpha value is -4.39. The highest BCUT2D eigenvalue weighted by Crippen LogP contribution is 2.31. The van der Waals surface area contributed by atoms with Gasteiger partial charge in [-0.1, -0.05) is 30.3 Å². The van der Waals surface area contributed by atoms with Crippen molar-refractivity contribution < 1.29 is 31.5 Å². The van der Waals surface area contributed by atoms with Gasteiger partial charge in [-0.05, 0) is 47.5 Å². The first-order valence-corrected chi connectivity index (χ1v) is 12.1. The zero-order valence-electron chi connectivity index (χ0n) is 18.8. The third-order valence-electron chi connectivity index (χ3n) is 5.41. The number of aromatic hydroxyl groups is 1. The van der Waals surface area contributed by atoms with E-state index in [2.05, 4.69) is 10.3 Å². The molecule has 0 aliphatic heterocycles. The summed E-state index contributed by atoms with van der Waals surface area (Å²) in [6.07, 6.45) is 2.90. The van der Waals surface area contributed by atoms with Gasteiger partial charge in [0.15, 0.2) is 0 Å². The summed E-state index contributed by atoms with van der Waals surface area (Å²) >= 11 is 0. The number of nitrogens with one attached hydrogen (secondary N) is 1. The summed E-state index contributed by atoms with van der Waals surface area (Å²) < 4.78 is 63.6. The van der Waals surface area contributed by atoms with E-state index in [1.807, 2.05) is 0 Å². The maximum absolute atomic E-state index is 13.3. The van der Waals surface area contributed by atoms with Crippen molar-refractivity contribution in [1.29, 1.82) is 0 Å². The first-order valence-electron chi connectivity index (χ1n) is 10.7. The Labute approximate surface area is 208 Å². The van der Waals surface area contributed by atoms with Crippen LogP contribution in [0.2, 0.25) is 0 Å². The number of alkyl halides is 3. The third-order valence-corrected chi connectivity index (χ3v) is 6.91. The lowest BCUT2D eigenvalue weighted by atomic mass is 10.1. The SMILES string of the molecule is O=C(Cc1ccccc1)NC(c1ccncc1)n1cc(O)n(-c2ccc(S(=O)(=O)C(F)(F)F)cc2)c1=O. The number of nitrogens with zero attached hydrogens (tertiary/aromatic N) is 3. The molecule has 0 saturated heterocycles. The van der Waals surface area contributed by atoms with Crippen LogP contribution >= 0.6 is 0 Å². The van der Waals surface area contributed by atoms with Crippen LogP contribution in [0.4, 0.5) is 13.2 Å². The molecular formula is C24H19F3N4O5S. The highest BCUT2D eigenvalue weighted by atomic mass is 32.2. The molecule has 0 bridgehead atoms. The Morgan fingerprint density at radius 2 is 1.62 bits per heavy atom. The molecule has 0 aliphatic rings. The van der Waals surface area contributed by atoms with Gasteiger partial charge in [-0.2, -0.15) is 13.2 Å². The van der Waals surface area contributed by atoms with Crippen molar-refractivity contribution in [2.45, 2.75) is 23.0 Å². The molecule has 2 N–H and O–H groups in total. The summed E-state index contributed by atoms with van der Waals surface area (Å²) in [5, 5.41) is 13.3. The van der Waals surface area contributed by atoms with E-state index in [1.165, 1.54) is 12.4 Å². The van der Waals surface area contributed by atoms with Crippen LogP contribution in [0.1, 0.15) is 17.3 Å². The lowest BCUT2D eigenvalue weighted by Gasteiger charge is -2.20. The molecule has 1 unspecified atom stereocenters. The second-order valence-electron chi connectivity index (χ2n) is 7.87. The largest absolute Gasteiger partial charge is 0.501 e. The fraction of sp³-hybridized carbons (Fsp3) is 0.125. The molecule has 0 spiro atoms. The fourth-order valence-corrected chi connectivity index (χ4v) is 4.39. The number of halogens is 3. The molecule has 1 amide bonds. The molecule has 2 heterocycles. The lowest BCUT2D eigenvalue weighted by molar-refractivity contribution is -0.121. The quantitative estimate of drug-likeness (QED) is 0.377. The van der Waals surface area contributed by atoms with Gasteiger partial charge in [-0.3, -0.25) is 14.3 Å². The van der Waals surface area contributed by atoms with Crippen LogP contribution in [0.15, 0.2) is 95.0 Å². The molecule has 37 heavy (non-hydrogen) atoms. The molecule has 192 valence electrons. The zero-order chi connectivity index (χ0) is 26.8. The van der Waals surface area contributed by atoms with Crippen LogP contribution in [-0.2, 0) is 21.1 Å². The van der Waals surface area contributed by atoms with Crippen LogP contribution < -0.4 is 11.0 Å². The number of carbonyl (C=O) groups is 1. The highest BCUT2D eigenvalue weighted by molar-refractivity contribution is 7.92. The van der Waals surface area contributed by atoms with Gasteiger partial charge in [0.1, 0.15) is 6.17 Å². The number of sulfone groups is 1. The van der Waals surface area contributed by atoms with Crippen molar-refractivity contribution in [3.05, 3.63) is 107 Å². The number of rotatable bonds is 7. The summed E-state index contributed by atoms with van der Waals surface area (Å²) in [5.74, 6) is -1.01. The predicted octanol–water partition coefficient (Wildman–Crippen LogP) is 2.94. The molecule has 0 fully saturated rings. The first-order chi connectivity index (χ1) is 17.5. The normalized spacial score (nSPS) is 12.7. The molecule has 2 aromatic heterocycles. The van der Waals surface area contributed by atoms with Gasteiger partial charge in [0.25, 0.3) is 9.84 Å². The second kappa shape index (κ2) is 9.93. The molecule has 0 radical (unpaired) electrons. The van der Waals surface area contributed by atoms with Crippen molar-refractivity contribution in [1.82, 2.24) is 19.4 Å². The standard InChI is InChI=1S/C24H19F3N4O5S/c25-24(26,27)37(35,36)19-8-6-18(7-9-19)31-21(33)15-30(23(31)34)22(17-10-12-28-13-11-17)29-20(32)14-16-4-2-1-3-5-16/h1-13,15,22,33H,14H2,(H,29,32). The number of benzene rings is 2. The summed E-state index contributed by atoms with van der Waals surface area (Å²) in [6.45, 7) is 0. The molecular weight excluding hydrogens is 513 g/mol. The van der Waals surface area contributed by atoms with Crippen molar-refractivity contribution >= 4 is 15.7 Å². The Morgan fingerprint density at radius 1 is 1.00 bits per heavy atom. The zero-order valence-corrected chi connectivity index (χ0v) is 19.6. The minimum atomic E-state index is -5.59. The fourth-order valence-electron chi connectivity index (χ4n) is 3.63. The average Bonchev–Trinajstić information content (AvgIpc) is 3.16. The molecule has 0 saturated carbocycles. The van der Waals surface area contributed by atoms with E-state index in [9.17, 15) is 36.3 Å². The molecule has 2 aromatic carbocycles. The first kappa shape index (κ1) is 25.7. The second-order valence-corrected chi connectivity index (χ2v) is 9.81. The van der Waals surface area contributed by atoms with E-state index in [0.717, 1.165) is 33.0 Å². The van der Waals surface area contributed by atoms with Crippen molar-refractivity contribution in [3.63, 3.8) is 0 Å². The number of hydrogen-bond donors (Lipinski definition) is 2. The Balaban J connectivity index is 1.70. The molecule has 4 rings (SSSR count). The van der Waals surface area contributed by atoms with Crippen LogP contribution in [0.5, 0.6) is 5.88 Å². The Morgan fingerprint density at radius 3 is 2.22 bits per heavy atom. The molecule has 1 atom stereocenters. The van der Waals surface area contributed by atoms with Gasteiger partial charge in [-0.15, -0.1) is 0 Å². The van der Waals surface area contributed by atoms with Crippen molar-refractivity contribution in [2.75, 3.05) is 0 Å². The summed E-state index contributed by atoms with van der Waals surface area (Å²) in [7, 11) is -5.59. The maximum Gasteiger partial charge on any atom is 0.501 e. The number of aromatic nitrogens is 3. The van der Waals surface area contributed by atoms with Crippen LogP contribution in [0.3, 0.4) is 0 Å². The third kappa shape index (κ3) is 5.26. The number of imidazole rings is 1. The molecule has 4 aromatic rings. The van der Waals surface area contributed by atoms with Gasteiger partial charge in [0, 0.05) is 12.4 Å². The van der Waals surface area contributed by atoms with E-state index in [1.54, 1.807) is 42.5 Å². The average molecular weight is 533 g/mol. The highest BCUT2D eigenvalue weighted by Gasteiger charge is 2.46. The number of hydrogen-bond acceptors (Lipinski definition) is 6. The van der Waals surface area contributed by atoms with E-state index in [0.29, 0.717) is 17.7 Å². The smallest absolute Gasteiger partial charge is 0.493 e. The van der Waals surface area contributed by atoms with E-state index < -0.39 is 43.9 Å². The van der Waals surface area contributed by atoms with E-state index >= 15 is 0 Å². The maximum atomic E-state index is 13.3. The van der Waals surface area contributed by atoms with Gasteiger partial charge >= 0.3 is 11.2 Å². The topological polar surface area (TPSA) is 123 Å². The Bertz CT molecular complexity index is 1570. The van der Waals surface area contributed by atoms with Crippen LogP contribution in [0, 0.1) is 0 Å². The van der Waals surface area contributed by atoms with Crippen molar-refractivity contribution in [2.24, 2.45) is 0 Å². The summed E-state index contributed by atoms with van der Waals surface area (Å²) in [4.78, 5) is 29.0. The molecule has 0 aliphatic carbocycles. The Kier molecular flexibility index (Phi) is 6.90. The molecule has 9 nitrogen and oxygen atoms in total.